The van der Waals surface area contributed by atoms with Gasteiger partial charge in [0.05, 0.1) is 35.5 Å². The van der Waals surface area contributed by atoms with E-state index in [9.17, 15) is 4.79 Å². The Hall–Kier alpha value is -2.53. The van der Waals surface area contributed by atoms with E-state index in [1.54, 1.807) is 17.5 Å². The first-order chi connectivity index (χ1) is 14.3. The maximum atomic E-state index is 12.1. The highest BCUT2D eigenvalue weighted by atomic mass is 32.1. The molecule has 5 rings (SSSR count). The predicted molar refractivity (Wildman–Crippen MR) is 110 cm³/mol. The summed E-state index contributed by atoms with van der Waals surface area (Å²) in [4.78, 5) is 22.1. The number of carbonyl (C=O) groups is 1. The first-order valence-corrected chi connectivity index (χ1v) is 10.9. The molecular weight excluding hydrogens is 412 g/mol. The second-order valence-corrected chi connectivity index (χ2v) is 8.40. The average molecular weight is 431 g/mol. The van der Waals surface area contributed by atoms with Gasteiger partial charge in [0.15, 0.2) is 6.10 Å². The number of aromatic nitrogens is 2. The molecule has 4 atom stereocenters. The van der Waals surface area contributed by atoms with E-state index in [-0.39, 0.29) is 18.2 Å². The Labute approximate surface area is 174 Å². The van der Waals surface area contributed by atoms with Crippen molar-refractivity contribution in [3.8, 4) is 10.6 Å². The molecule has 2 N–H and O–H groups in total. The molecule has 3 aromatic heterocycles. The van der Waals surface area contributed by atoms with Crippen molar-refractivity contribution in [3.63, 3.8) is 0 Å². The average Bonchev–Trinajstić information content (AvgIpc) is 3.50. The lowest BCUT2D eigenvalue weighted by atomic mass is 10.1. The van der Waals surface area contributed by atoms with E-state index in [1.165, 1.54) is 11.3 Å². The molecule has 0 unspecified atom stereocenters. The quantitative estimate of drug-likeness (QED) is 0.640. The third-order valence-corrected chi connectivity index (χ3v) is 6.35. The summed E-state index contributed by atoms with van der Waals surface area (Å²) in [5.41, 5.74) is 1.58. The summed E-state index contributed by atoms with van der Waals surface area (Å²) in [5.74, 6) is 0.522. The minimum Gasteiger partial charge on any atom is -0.441 e. The first-order valence-electron chi connectivity index (χ1n) is 9.13. The summed E-state index contributed by atoms with van der Waals surface area (Å²) in [7, 11) is 0. The smallest absolute Gasteiger partial charge is 0.412 e. The molecule has 1 amide bonds. The molecule has 5 heterocycles. The van der Waals surface area contributed by atoms with E-state index < -0.39 is 12.2 Å². The van der Waals surface area contributed by atoms with E-state index >= 15 is 0 Å². The van der Waals surface area contributed by atoms with Gasteiger partial charge in [0.25, 0.3) is 0 Å². The van der Waals surface area contributed by atoms with E-state index in [2.05, 4.69) is 20.6 Å². The molecule has 0 aliphatic carbocycles. The second kappa shape index (κ2) is 8.07. The van der Waals surface area contributed by atoms with Crippen molar-refractivity contribution in [1.82, 2.24) is 9.97 Å². The van der Waals surface area contributed by atoms with Gasteiger partial charge in [-0.25, -0.2) is 14.8 Å². The Morgan fingerprint density at radius 1 is 1.17 bits per heavy atom. The normalized spacial score (nSPS) is 25.5. The third-order valence-electron chi connectivity index (χ3n) is 4.78. The predicted octanol–water partition coefficient (Wildman–Crippen LogP) is 3.46. The molecule has 2 fully saturated rings. The second-order valence-electron chi connectivity index (χ2n) is 6.67. The van der Waals surface area contributed by atoms with Crippen molar-refractivity contribution in [2.45, 2.75) is 24.4 Å². The van der Waals surface area contributed by atoms with Crippen molar-refractivity contribution in [2.24, 2.45) is 0 Å². The highest BCUT2D eigenvalue weighted by molar-refractivity contribution is 7.13. The largest absolute Gasteiger partial charge is 0.441 e. The highest BCUT2D eigenvalue weighted by Crippen LogP contribution is 2.31. The summed E-state index contributed by atoms with van der Waals surface area (Å²) in [6.07, 6.45) is 0.214. The molecule has 0 spiro atoms. The van der Waals surface area contributed by atoms with Crippen LogP contribution in [-0.4, -0.2) is 53.6 Å². The van der Waals surface area contributed by atoms with Crippen LogP contribution in [0.1, 0.15) is 0 Å². The summed E-state index contributed by atoms with van der Waals surface area (Å²) < 4.78 is 17.3. The summed E-state index contributed by atoms with van der Waals surface area (Å²) in [5, 5.41) is 11.7. The van der Waals surface area contributed by atoms with Gasteiger partial charge in [-0.3, -0.25) is 5.32 Å². The molecule has 2 saturated heterocycles. The van der Waals surface area contributed by atoms with Crippen LogP contribution in [0.2, 0.25) is 0 Å². The molecule has 0 saturated carbocycles. The molecule has 3 aromatic rings. The standard InChI is InChI=1S/C19H18N4O4S2/c24-19(21-11-4-7-28-10-11)27-14-9-26-16-13(8-25-17(14)16)23-18-20-5-3-12(22-18)15-2-1-6-29-15/h1-7,10,13-14,16-17H,8-9H2,(H,21,24)(H,20,22,23)/t13-,14-,16-,17+/m1/s1. The van der Waals surface area contributed by atoms with Gasteiger partial charge in [-0.1, -0.05) is 6.07 Å². The number of ether oxygens (including phenoxy) is 3. The number of nitrogens with one attached hydrogen (secondary N) is 2. The van der Waals surface area contributed by atoms with Crippen LogP contribution in [0.15, 0.2) is 46.6 Å². The van der Waals surface area contributed by atoms with Gasteiger partial charge in [-0.05, 0) is 29.0 Å². The Morgan fingerprint density at radius 3 is 2.93 bits per heavy atom. The van der Waals surface area contributed by atoms with Crippen molar-refractivity contribution in [3.05, 3.63) is 46.6 Å². The maximum absolute atomic E-state index is 12.1. The zero-order valence-electron chi connectivity index (χ0n) is 15.2. The van der Waals surface area contributed by atoms with E-state index in [1.807, 2.05) is 40.4 Å². The molecule has 0 aromatic carbocycles. The Balaban J connectivity index is 1.20. The van der Waals surface area contributed by atoms with Gasteiger partial charge in [-0.15, -0.1) is 11.3 Å². The zero-order chi connectivity index (χ0) is 19.6. The van der Waals surface area contributed by atoms with E-state index in [0.717, 1.165) is 10.6 Å². The fourth-order valence-corrected chi connectivity index (χ4v) is 4.75. The van der Waals surface area contributed by atoms with Gasteiger partial charge in [0, 0.05) is 11.6 Å². The van der Waals surface area contributed by atoms with Crippen molar-refractivity contribution in [2.75, 3.05) is 23.8 Å². The third kappa shape index (κ3) is 3.97. The Bertz CT molecular complexity index is 967. The minimum atomic E-state index is -0.510. The number of anilines is 2. The zero-order valence-corrected chi connectivity index (χ0v) is 16.8. The molecule has 0 bridgehead atoms. The van der Waals surface area contributed by atoms with Crippen molar-refractivity contribution < 1.29 is 19.0 Å². The maximum Gasteiger partial charge on any atom is 0.412 e. The lowest BCUT2D eigenvalue weighted by Gasteiger charge is -2.18. The van der Waals surface area contributed by atoms with Gasteiger partial charge in [0.2, 0.25) is 5.95 Å². The van der Waals surface area contributed by atoms with E-state index in [4.69, 9.17) is 14.2 Å². The van der Waals surface area contributed by atoms with Gasteiger partial charge < -0.3 is 19.5 Å². The lowest BCUT2D eigenvalue weighted by molar-refractivity contribution is 0.00917. The fourth-order valence-electron chi connectivity index (χ4n) is 3.46. The number of carbonyl (C=O) groups excluding carboxylic acids is 1. The molecule has 8 nitrogen and oxygen atoms in total. The van der Waals surface area contributed by atoms with Crippen LogP contribution in [-0.2, 0) is 14.2 Å². The topological polar surface area (TPSA) is 94.6 Å². The molecule has 150 valence electrons. The number of thiophene rings is 2. The number of hydrogen-bond donors (Lipinski definition) is 2. The number of nitrogens with zero attached hydrogens (tertiary/aromatic N) is 2. The summed E-state index contributed by atoms with van der Waals surface area (Å²) in [6.45, 7) is 0.717. The number of fused-ring (bicyclic) bond motifs is 1. The van der Waals surface area contributed by atoms with Crippen LogP contribution in [0.4, 0.5) is 16.4 Å². The Morgan fingerprint density at radius 2 is 2.10 bits per heavy atom. The SMILES string of the molecule is O=C(Nc1ccsc1)O[C@@H]1CO[C@H]2[C@H]1OC[C@H]2Nc1nccc(-c2cccs2)n1. The molecule has 29 heavy (non-hydrogen) atoms. The fraction of sp³-hybridized carbons (Fsp3) is 0.316. The number of hydrogen-bond acceptors (Lipinski definition) is 9. The first kappa shape index (κ1) is 18.5. The van der Waals surface area contributed by atoms with Crippen LogP contribution in [0, 0.1) is 0 Å². The van der Waals surface area contributed by atoms with Crippen LogP contribution in [0.3, 0.4) is 0 Å². The van der Waals surface area contributed by atoms with Crippen LogP contribution in [0.25, 0.3) is 10.6 Å². The molecule has 2 aliphatic rings. The number of rotatable bonds is 5. The van der Waals surface area contributed by atoms with Crippen LogP contribution < -0.4 is 10.6 Å². The minimum absolute atomic E-state index is 0.118. The molecule has 2 aliphatic heterocycles. The monoisotopic (exact) mass is 430 g/mol. The summed E-state index contributed by atoms with van der Waals surface area (Å²) >= 11 is 3.13. The van der Waals surface area contributed by atoms with Gasteiger partial charge >= 0.3 is 6.09 Å². The van der Waals surface area contributed by atoms with Gasteiger partial charge in [-0.2, -0.15) is 11.3 Å². The van der Waals surface area contributed by atoms with Gasteiger partial charge in [0.1, 0.15) is 12.2 Å². The lowest BCUT2D eigenvalue weighted by Crippen LogP contribution is -2.38. The van der Waals surface area contributed by atoms with Crippen LogP contribution in [0.5, 0.6) is 0 Å². The van der Waals surface area contributed by atoms with Crippen LogP contribution >= 0.6 is 22.7 Å². The van der Waals surface area contributed by atoms with Crippen molar-refractivity contribution in [1.29, 1.82) is 0 Å². The highest BCUT2D eigenvalue weighted by Gasteiger charge is 2.49. The molecule has 0 radical (unpaired) electrons. The molecular formula is C19H18N4O4S2. The Kier molecular flexibility index (Phi) is 5.15. The summed E-state index contributed by atoms with van der Waals surface area (Å²) in [6, 6.07) is 7.59. The van der Waals surface area contributed by atoms with Crippen molar-refractivity contribution >= 4 is 40.4 Å². The van der Waals surface area contributed by atoms with E-state index in [0.29, 0.717) is 24.8 Å². The number of amides is 1. The molecule has 10 heteroatoms.